The summed E-state index contributed by atoms with van der Waals surface area (Å²) < 4.78 is 21.4. The summed E-state index contributed by atoms with van der Waals surface area (Å²) in [5.41, 5.74) is 6.04. The number of imidazole rings is 2. The molecule has 0 spiro atoms. The highest BCUT2D eigenvalue weighted by Crippen LogP contribution is 2.35. The van der Waals surface area contributed by atoms with Crippen molar-refractivity contribution < 1.29 is 38.1 Å². The molecule has 2 aromatic heterocycles. The first-order valence-corrected chi connectivity index (χ1v) is 20.7. The highest BCUT2D eigenvalue weighted by molar-refractivity contribution is 5.87. The predicted octanol–water partition coefficient (Wildman–Crippen LogP) is 6.23. The number of ether oxygens (including phenoxy) is 4. The van der Waals surface area contributed by atoms with E-state index in [-0.39, 0.29) is 36.4 Å². The number of fused-ring (bicyclic) bond motifs is 4. The molecule has 60 heavy (non-hydrogen) atoms. The molecule has 3 aromatic rings. The molecule has 2 fully saturated rings. The van der Waals surface area contributed by atoms with Gasteiger partial charge in [-0.2, -0.15) is 0 Å². The van der Waals surface area contributed by atoms with Crippen molar-refractivity contribution >= 4 is 35.1 Å². The number of alkyl carbamates (subject to hydrolysis) is 2. The number of likely N-dealkylation sites (tertiary alicyclic amines) is 1. The molecule has 6 rings (SSSR count). The summed E-state index contributed by atoms with van der Waals surface area (Å²) in [4.78, 5) is 71.8. The van der Waals surface area contributed by atoms with E-state index in [0.717, 1.165) is 77.9 Å². The Hall–Kier alpha value is -5.74. The van der Waals surface area contributed by atoms with Crippen LogP contribution in [0.4, 0.5) is 9.59 Å². The number of hydrogen-bond donors (Lipinski definition) is 4. The first-order chi connectivity index (χ1) is 29.0. The van der Waals surface area contributed by atoms with Gasteiger partial charge < -0.3 is 49.3 Å². The normalized spacial score (nSPS) is 21.2. The first-order valence-electron chi connectivity index (χ1n) is 20.7. The van der Waals surface area contributed by atoms with Gasteiger partial charge in [-0.1, -0.05) is 62.9 Å². The second kappa shape index (κ2) is 20.5. The topological polar surface area (TPSA) is 193 Å². The van der Waals surface area contributed by atoms with E-state index in [1.165, 1.54) is 14.2 Å². The molecule has 3 aliphatic rings. The maximum absolute atomic E-state index is 13.8. The summed E-state index contributed by atoms with van der Waals surface area (Å²) in [6, 6.07) is 5.95. The lowest BCUT2D eigenvalue weighted by atomic mass is 10.0. The monoisotopic (exact) mass is 826 g/mol. The number of rotatable bonds is 10. The van der Waals surface area contributed by atoms with Crippen LogP contribution in [0, 0.1) is 5.92 Å². The summed E-state index contributed by atoms with van der Waals surface area (Å²) in [7, 11) is 2.55. The molecule has 322 valence electrons. The van der Waals surface area contributed by atoms with Crippen LogP contribution in [0.5, 0.6) is 0 Å². The number of aromatic nitrogens is 4. The van der Waals surface area contributed by atoms with Crippen LogP contribution in [0.2, 0.25) is 0 Å². The number of carbonyl (C=O) groups excluding carboxylic acids is 4. The highest BCUT2D eigenvalue weighted by atomic mass is 16.5. The Bertz CT molecular complexity index is 2050. The maximum atomic E-state index is 13.8. The first kappa shape index (κ1) is 43.8. The summed E-state index contributed by atoms with van der Waals surface area (Å²) in [6.07, 6.45) is 11.0. The van der Waals surface area contributed by atoms with Gasteiger partial charge in [-0.3, -0.25) is 9.59 Å². The standard InChI is InChI=1S/C44H58N8O8/c1-7-29(30-16-18-31(19-17-30)32-24-45-39(46-32)35-12-10-21-52(35)42(54)37(27(2)3)50-44(56)58-6)15-14-28(4)38-33-25-59-22-8-9-23-60-26-34(48-43(55)57-5)41(53)51-20-11-13-36(51)40(47-33)49-38/h7,14-19,24,27,34-37H,1,8-13,20-23,25-26H2,2-6H3,(H,45,46)(H,47,49)(H,48,55)(H,50,56)/b28-14+,29-15+/t34-,35-,36-,37-/m0/s1. The lowest BCUT2D eigenvalue weighted by Crippen LogP contribution is -2.51. The van der Waals surface area contributed by atoms with Crippen molar-refractivity contribution in [1.82, 2.24) is 40.4 Å². The maximum Gasteiger partial charge on any atom is 0.407 e. The smallest absolute Gasteiger partial charge is 0.407 e. The highest BCUT2D eigenvalue weighted by Gasteiger charge is 2.39. The fraction of sp³-hybridized carbons (Fsp3) is 0.500. The number of benzene rings is 1. The Labute approximate surface area is 351 Å². The molecule has 0 radical (unpaired) electrons. The molecule has 0 saturated carbocycles. The molecule has 16 nitrogen and oxygen atoms in total. The number of allylic oxidation sites excluding steroid dienone is 5. The molecular weight excluding hydrogens is 769 g/mol. The summed E-state index contributed by atoms with van der Waals surface area (Å²) in [5.74, 6) is 0.861. The van der Waals surface area contributed by atoms with Crippen LogP contribution >= 0.6 is 0 Å². The van der Waals surface area contributed by atoms with Crippen LogP contribution in [0.15, 0.2) is 55.3 Å². The molecular formula is C44H58N8O8. The Kier molecular flexibility index (Phi) is 15.0. The Balaban J connectivity index is 1.19. The molecule has 4 atom stereocenters. The van der Waals surface area contributed by atoms with Gasteiger partial charge in [0.2, 0.25) is 11.8 Å². The third-order valence-corrected chi connectivity index (χ3v) is 11.2. The zero-order chi connectivity index (χ0) is 42.8. The third kappa shape index (κ3) is 10.3. The van der Waals surface area contributed by atoms with Crippen LogP contribution in [0.1, 0.15) is 100.0 Å². The number of aromatic amines is 2. The van der Waals surface area contributed by atoms with Crippen LogP contribution < -0.4 is 10.6 Å². The van der Waals surface area contributed by atoms with Crippen molar-refractivity contribution in [3.8, 4) is 11.3 Å². The van der Waals surface area contributed by atoms with Crippen molar-refractivity contribution in [2.45, 2.75) is 90.1 Å². The lowest BCUT2D eigenvalue weighted by molar-refractivity contribution is -0.136. The van der Waals surface area contributed by atoms with Gasteiger partial charge in [-0.15, -0.1) is 0 Å². The average Bonchev–Trinajstić information content (AvgIpc) is 4.09. The van der Waals surface area contributed by atoms with Crippen molar-refractivity contribution in [1.29, 1.82) is 0 Å². The van der Waals surface area contributed by atoms with Crippen LogP contribution in [0.3, 0.4) is 0 Å². The minimum Gasteiger partial charge on any atom is -0.453 e. The fourth-order valence-electron chi connectivity index (χ4n) is 7.95. The number of hydrogen-bond acceptors (Lipinski definition) is 10. The van der Waals surface area contributed by atoms with E-state index in [9.17, 15) is 19.2 Å². The fourth-order valence-corrected chi connectivity index (χ4v) is 7.95. The van der Waals surface area contributed by atoms with Gasteiger partial charge in [-0.25, -0.2) is 19.6 Å². The molecule has 5 heterocycles. The SMILES string of the molecule is C=C/C(=C\C=C(/C)c1nc2[nH]c1COCCCCOC[C@H](NC(=O)OC)C(=O)N1CCC[C@@H]21)c1ccc(-c2c[nH]c([C@@H]3CCCN3C(=O)[C@@H](NC(=O)OC)C(C)C)n2)cc1. The van der Waals surface area contributed by atoms with Gasteiger partial charge in [0, 0.05) is 38.1 Å². The molecule has 0 unspecified atom stereocenters. The zero-order valence-electron chi connectivity index (χ0n) is 35.3. The van der Waals surface area contributed by atoms with E-state index >= 15 is 0 Å². The van der Waals surface area contributed by atoms with Crippen molar-refractivity contribution in [2.24, 2.45) is 5.92 Å². The minimum atomic E-state index is -0.884. The minimum absolute atomic E-state index is 0.0424. The molecule has 0 aliphatic carbocycles. The van der Waals surface area contributed by atoms with Crippen LogP contribution in [-0.2, 0) is 35.1 Å². The summed E-state index contributed by atoms with van der Waals surface area (Å²) in [5, 5.41) is 5.35. The van der Waals surface area contributed by atoms with Crippen molar-refractivity contribution in [3.05, 3.63) is 83.9 Å². The second-order valence-corrected chi connectivity index (χ2v) is 15.6. The van der Waals surface area contributed by atoms with E-state index in [4.69, 9.17) is 28.9 Å². The van der Waals surface area contributed by atoms with Gasteiger partial charge in [0.25, 0.3) is 0 Å². The second-order valence-electron chi connectivity index (χ2n) is 15.6. The van der Waals surface area contributed by atoms with Gasteiger partial charge in [0.15, 0.2) is 0 Å². The van der Waals surface area contributed by atoms with Gasteiger partial charge in [0.1, 0.15) is 23.7 Å². The van der Waals surface area contributed by atoms with Gasteiger partial charge in [-0.05, 0) is 68.1 Å². The predicted molar refractivity (Wildman–Crippen MR) is 225 cm³/mol. The van der Waals surface area contributed by atoms with E-state index < -0.39 is 24.3 Å². The molecule has 2 bridgehead atoms. The molecule has 1 aromatic carbocycles. The molecule has 4 amide bonds. The molecule has 2 saturated heterocycles. The quantitative estimate of drug-likeness (QED) is 0.170. The zero-order valence-corrected chi connectivity index (χ0v) is 35.3. The number of methoxy groups -OCH3 is 2. The van der Waals surface area contributed by atoms with E-state index in [1.54, 1.807) is 9.80 Å². The largest absolute Gasteiger partial charge is 0.453 e. The number of amides is 4. The molecule has 16 heteroatoms. The van der Waals surface area contributed by atoms with Crippen molar-refractivity contribution in [3.63, 3.8) is 0 Å². The third-order valence-electron chi connectivity index (χ3n) is 11.2. The number of carbonyl (C=O) groups is 4. The van der Waals surface area contributed by atoms with Crippen LogP contribution in [-0.4, -0.2) is 113 Å². The van der Waals surface area contributed by atoms with E-state index in [2.05, 4.69) is 27.2 Å². The van der Waals surface area contributed by atoms with Crippen molar-refractivity contribution in [2.75, 3.05) is 47.1 Å². The Morgan fingerprint density at radius 1 is 0.933 bits per heavy atom. The molecule has 4 N–H and O–H groups in total. The van der Waals surface area contributed by atoms with Gasteiger partial charge in [0.05, 0.1) is 56.6 Å². The summed E-state index contributed by atoms with van der Waals surface area (Å²) in [6.45, 7) is 12.3. The number of nitrogens with zero attached hydrogens (tertiary/aromatic N) is 4. The lowest BCUT2D eigenvalue weighted by Gasteiger charge is -2.29. The summed E-state index contributed by atoms with van der Waals surface area (Å²) >= 11 is 0. The Morgan fingerprint density at radius 3 is 2.37 bits per heavy atom. The Morgan fingerprint density at radius 2 is 1.65 bits per heavy atom. The van der Waals surface area contributed by atoms with Crippen LogP contribution in [0.25, 0.3) is 22.4 Å². The van der Waals surface area contributed by atoms with E-state index in [0.29, 0.717) is 44.6 Å². The number of H-pyrrole nitrogens is 2. The van der Waals surface area contributed by atoms with E-state index in [1.807, 2.05) is 69.5 Å². The average molecular weight is 827 g/mol. The number of nitrogens with one attached hydrogen (secondary N) is 4. The van der Waals surface area contributed by atoms with Gasteiger partial charge >= 0.3 is 12.2 Å². The molecule has 3 aliphatic heterocycles.